The molecular formula is C20H35O3PY. The number of hydrogen-bond acceptors (Lipinski definition) is 3. The predicted molar refractivity (Wildman–Crippen MR) is 99.4 cm³/mol. The van der Waals surface area contributed by atoms with Gasteiger partial charge in [-0.1, -0.05) is 41.5 Å². The Morgan fingerprint density at radius 3 is 1.12 bits per heavy atom. The number of carbonyl (C=O) groups excluding carboxylic acids is 2. The first kappa shape index (κ1) is 23.7. The van der Waals surface area contributed by atoms with E-state index in [-0.39, 0.29) is 79.3 Å². The maximum atomic E-state index is 12.9. The molecule has 0 N–H and O–H groups in total. The Kier molecular flexibility index (Phi) is 9.24. The third-order valence-electron chi connectivity index (χ3n) is 6.60. The van der Waals surface area contributed by atoms with Gasteiger partial charge in [-0.2, -0.15) is 0 Å². The molecule has 0 aromatic heterocycles. The normalized spacial score (nSPS) is 43.0. The molecule has 2 aliphatic rings. The van der Waals surface area contributed by atoms with Crippen LogP contribution in [0.25, 0.3) is 0 Å². The molecule has 0 bridgehead atoms. The van der Waals surface area contributed by atoms with E-state index < -0.39 is 7.80 Å². The quantitative estimate of drug-likeness (QED) is 0.559. The minimum atomic E-state index is -2.84. The summed E-state index contributed by atoms with van der Waals surface area (Å²) in [6.45, 7) is 12.8. The van der Waals surface area contributed by atoms with Crippen molar-refractivity contribution in [1.29, 1.82) is 0 Å². The topological polar surface area (TPSA) is 51.2 Å². The zero-order chi connectivity index (χ0) is 18.2. The zero-order valence-electron chi connectivity index (χ0n) is 16.7. The van der Waals surface area contributed by atoms with E-state index in [9.17, 15) is 14.2 Å². The molecule has 141 valence electrons. The maximum absolute atomic E-state index is 12.9. The fourth-order valence-electron chi connectivity index (χ4n) is 5.90. The standard InChI is InChI=1S/C20H35O3P.Y/c1-11-7-13(3)17(14(4)8-11)19(21)24(23)20(22)18-15(5)9-12(2)10-16(18)6;/h11-18,24H,7-10H2,1-6H3;. The van der Waals surface area contributed by atoms with Gasteiger partial charge in [0.25, 0.3) is 0 Å². The van der Waals surface area contributed by atoms with Gasteiger partial charge in [-0.15, -0.1) is 0 Å². The summed E-state index contributed by atoms with van der Waals surface area (Å²) in [6.07, 6.45) is 3.99. The van der Waals surface area contributed by atoms with Crippen LogP contribution in [-0.4, -0.2) is 11.0 Å². The average molecular weight is 443 g/mol. The van der Waals surface area contributed by atoms with Crippen LogP contribution in [0, 0.1) is 47.3 Å². The molecule has 2 aliphatic carbocycles. The summed E-state index contributed by atoms with van der Waals surface area (Å²) in [5, 5.41) is 0. The first-order chi connectivity index (χ1) is 11.1. The van der Waals surface area contributed by atoms with Crippen LogP contribution >= 0.6 is 7.80 Å². The van der Waals surface area contributed by atoms with Crippen molar-refractivity contribution in [2.75, 3.05) is 0 Å². The third-order valence-corrected chi connectivity index (χ3v) is 8.16. The van der Waals surface area contributed by atoms with Gasteiger partial charge in [0.1, 0.15) is 0 Å². The van der Waals surface area contributed by atoms with E-state index in [1.165, 1.54) is 0 Å². The maximum Gasteiger partial charge on any atom is 0.201 e. The fourth-order valence-corrected chi connectivity index (χ4v) is 7.88. The summed E-state index contributed by atoms with van der Waals surface area (Å²) in [6, 6.07) is 0. The first-order valence-electron chi connectivity index (χ1n) is 9.75. The van der Waals surface area contributed by atoms with Crippen LogP contribution in [0.1, 0.15) is 67.2 Å². The Morgan fingerprint density at radius 1 is 0.640 bits per heavy atom. The van der Waals surface area contributed by atoms with Crippen LogP contribution < -0.4 is 0 Å². The van der Waals surface area contributed by atoms with Crippen molar-refractivity contribution in [3.63, 3.8) is 0 Å². The van der Waals surface area contributed by atoms with Crippen molar-refractivity contribution in [3.8, 4) is 0 Å². The molecule has 0 spiro atoms. The second-order valence-corrected chi connectivity index (χ2v) is 10.8. The van der Waals surface area contributed by atoms with Crippen LogP contribution in [0.3, 0.4) is 0 Å². The summed E-state index contributed by atoms with van der Waals surface area (Å²) >= 11 is 0. The molecule has 4 unspecified atom stereocenters. The number of carbonyl (C=O) groups is 2. The van der Waals surface area contributed by atoms with Crippen molar-refractivity contribution in [2.45, 2.75) is 67.2 Å². The monoisotopic (exact) mass is 443 g/mol. The molecule has 2 saturated carbocycles. The second kappa shape index (κ2) is 9.74. The molecule has 4 atom stereocenters. The third kappa shape index (κ3) is 5.35. The molecule has 0 aromatic rings. The molecular weight excluding hydrogens is 408 g/mol. The van der Waals surface area contributed by atoms with E-state index in [0.29, 0.717) is 11.8 Å². The molecule has 5 heteroatoms. The SMILES string of the molecule is CC1CC(C)C(C(=O)[PH](=O)C(=O)C2C(C)CC(C)CC2C)C(C)C1.[Y]. The number of rotatable bonds is 4. The summed E-state index contributed by atoms with van der Waals surface area (Å²) in [5.41, 5.74) is -0.454. The predicted octanol–water partition coefficient (Wildman–Crippen LogP) is 5.23. The summed E-state index contributed by atoms with van der Waals surface area (Å²) < 4.78 is 12.9. The Labute approximate surface area is 179 Å². The van der Waals surface area contributed by atoms with Crippen molar-refractivity contribution in [1.82, 2.24) is 0 Å². The van der Waals surface area contributed by atoms with Gasteiger partial charge in [-0.05, 0) is 61.2 Å². The average Bonchev–Trinajstić information content (AvgIpc) is 2.43. The largest absolute Gasteiger partial charge is 0.311 e. The molecule has 25 heavy (non-hydrogen) atoms. The van der Waals surface area contributed by atoms with Crippen LogP contribution in [0.2, 0.25) is 0 Å². The van der Waals surface area contributed by atoms with Gasteiger partial charge in [0, 0.05) is 44.5 Å². The van der Waals surface area contributed by atoms with Gasteiger partial charge >= 0.3 is 0 Å². The minimum absolute atomic E-state index is 0. The van der Waals surface area contributed by atoms with Crippen molar-refractivity contribution in [2.24, 2.45) is 47.3 Å². The smallest absolute Gasteiger partial charge is 0.201 e. The molecule has 0 aliphatic heterocycles. The van der Waals surface area contributed by atoms with Crippen molar-refractivity contribution >= 4 is 18.8 Å². The summed E-state index contributed by atoms with van der Waals surface area (Å²) in [5.74, 6) is 1.78. The molecule has 2 rings (SSSR count). The molecule has 1 radical (unpaired) electrons. The second-order valence-electron chi connectivity index (χ2n) is 9.17. The van der Waals surface area contributed by atoms with Gasteiger partial charge in [0.2, 0.25) is 7.80 Å². The van der Waals surface area contributed by atoms with E-state index in [0.717, 1.165) is 25.7 Å². The van der Waals surface area contributed by atoms with Crippen LogP contribution in [0.15, 0.2) is 0 Å². The first-order valence-corrected chi connectivity index (χ1v) is 11.2. The molecule has 0 aromatic carbocycles. The van der Waals surface area contributed by atoms with E-state index in [1.807, 2.05) is 0 Å². The number of hydrogen-bond donors (Lipinski definition) is 0. The summed E-state index contributed by atoms with van der Waals surface area (Å²) in [4.78, 5) is 25.8. The van der Waals surface area contributed by atoms with Gasteiger partial charge in [-0.3, -0.25) is 9.59 Å². The van der Waals surface area contributed by atoms with Gasteiger partial charge < -0.3 is 4.57 Å². The molecule has 0 heterocycles. The van der Waals surface area contributed by atoms with E-state index in [2.05, 4.69) is 41.5 Å². The Hall–Kier alpha value is 0.674. The zero-order valence-corrected chi connectivity index (χ0v) is 20.6. The van der Waals surface area contributed by atoms with E-state index in [4.69, 9.17) is 0 Å². The minimum Gasteiger partial charge on any atom is -0.311 e. The van der Waals surface area contributed by atoms with Crippen molar-refractivity contribution in [3.05, 3.63) is 0 Å². The Bertz CT molecular complexity index is 453. The summed E-state index contributed by atoms with van der Waals surface area (Å²) in [7, 11) is -2.84. The van der Waals surface area contributed by atoms with Gasteiger partial charge in [0.15, 0.2) is 11.0 Å². The van der Waals surface area contributed by atoms with Gasteiger partial charge in [-0.25, -0.2) is 0 Å². The van der Waals surface area contributed by atoms with Crippen LogP contribution in [0.4, 0.5) is 0 Å². The molecule has 3 nitrogen and oxygen atoms in total. The Morgan fingerprint density at radius 2 is 0.880 bits per heavy atom. The molecule has 0 amide bonds. The van der Waals surface area contributed by atoms with E-state index >= 15 is 0 Å². The van der Waals surface area contributed by atoms with Crippen molar-refractivity contribution < 1.29 is 46.9 Å². The van der Waals surface area contributed by atoms with Crippen LogP contribution in [-0.2, 0) is 46.9 Å². The van der Waals surface area contributed by atoms with E-state index in [1.54, 1.807) is 0 Å². The van der Waals surface area contributed by atoms with Gasteiger partial charge in [0.05, 0.1) is 0 Å². The fraction of sp³-hybridized carbons (Fsp3) is 0.900. The molecule has 2 fully saturated rings. The molecule has 0 saturated heterocycles. The Balaban J connectivity index is 0.00000312. The van der Waals surface area contributed by atoms with Crippen LogP contribution in [0.5, 0.6) is 0 Å².